The van der Waals surface area contributed by atoms with Crippen molar-refractivity contribution in [3.8, 4) is 0 Å². The summed E-state index contributed by atoms with van der Waals surface area (Å²) in [4.78, 5) is 8.26. The smallest absolute Gasteiger partial charge is 0.115 e. The first-order chi connectivity index (χ1) is 7.90. The van der Waals surface area contributed by atoms with Gasteiger partial charge in [-0.25, -0.2) is 9.97 Å². The minimum atomic E-state index is 0.646. The average molecular weight is 219 g/mol. The molecule has 88 valence electrons. The second-order valence-electron chi connectivity index (χ2n) is 4.64. The zero-order valence-electron chi connectivity index (χ0n) is 10.0. The normalized spacial score (nSPS) is 26.3. The van der Waals surface area contributed by atoms with Gasteiger partial charge in [0.2, 0.25) is 0 Å². The third kappa shape index (κ3) is 3.01. The van der Waals surface area contributed by atoms with Crippen LogP contribution in [0.4, 0.5) is 0 Å². The number of hydrogen-bond acceptors (Lipinski definition) is 3. The second-order valence-corrected chi connectivity index (χ2v) is 4.64. The molecule has 1 N–H and O–H groups in total. The van der Waals surface area contributed by atoms with Crippen LogP contribution in [0.2, 0.25) is 0 Å². The molecule has 2 rings (SSSR count). The molecule has 3 heteroatoms. The molecule has 0 radical (unpaired) electrons. The van der Waals surface area contributed by atoms with Crippen molar-refractivity contribution in [2.75, 3.05) is 6.54 Å². The largest absolute Gasteiger partial charge is 0.314 e. The van der Waals surface area contributed by atoms with Crippen LogP contribution >= 0.6 is 0 Å². The van der Waals surface area contributed by atoms with E-state index >= 15 is 0 Å². The Morgan fingerprint density at radius 3 is 2.75 bits per heavy atom. The van der Waals surface area contributed by atoms with Gasteiger partial charge in [-0.15, -0.1) is 0 Å². The fraction of sp³-hybridized carbons (Fsp3) is 0.692. The number of nitrogens with zero attached hydrogens (tertiary/aromatic N) is 2. The van der Waals surface area contributed by atoms with E-state index in [0.717, 1.165) is 6.54 Å². The molecular weight excluding hydrogens is 198 g/mol. The summed E-state index contributed by atoms with van der Waals surface area (Å²) in [6.45, 7) is 3.26. The zero-order valence-corrected chi connectivity index (χ0v) is 10.0. The Hall–Kier alpha value is -0.960. The van der Waals surface area contributed by atoms with E-state index in [2.05, 4.69) is 22.2 Å². The molecule has 1 aliphatic carbocycles. The van der Waals surface area contributed by atoms with Crippen LogP contribution in [0.1, 0.15) is 50.5 Å². The first-order valence-electron chi connectivity index (χ1n) is 6.38. The zero-order chi connectivity index (χ0) is 11.2. The first-order valence-corrected chi connectivity index (χ1v) is 6.38. The van der Waals surface area contributed by atoms with Gasteiger partial charge in [0, 0.05) is 18.4 Å². The molecule has 1 aromatic rings. The number of rotatable bonds is 3. The summed E-state index contributed by atoms with van der Waals surface area (Å²) in [5, 5.41) is 3.58. The fourth-order valence-electron chi connectivity index (χ4n) is 2.66. The highest BCUT2D eigenvalue weighted by Crippen LogP contribution is 2.30. The minimum absolute atomic E-state index is 0.646. The molecule has 0 saturated heterocycles. The highest BCUT2D eigenvalue weighted by molar-refractivity contribution is 5.11. The van der Waals surface area contributed by atoms with Crippen molar-refractivity contribution in [2.24, 2.45) is 0 Å². The molecular formula is C13H21N3. The standard InChI is InChI=1S/C13H21N3/c1-2-16-13-6-4-3-5-11(7-13)12-8-14-10-15-9-12/h8-11,13,16H,2-7H2,1H3. The Morgan fingerprint density at radius 2 is 2.00 bits per heavy atom. The fourth-order valence-corrected chi connectivity index (χ4v) is 2.66. The molecule has 2 atom stereocenters. The van der Waals surface area contributed by atoms with Gasteiger partial charge in [-0.2, -0.15) is 0 Å². The lowest BCUT2D eigenvalue weighted by Crippen LogP contribution is -2.29. The van der Waals surface area contributed by atoms with Gasteiger partial charge in [-0.1, -0.05) is 19.8 Å². The van der Waals surface area contributed by atoms with E-state index in [0.29, 0.717) is 12.0 Å². The molecule has 1 aliphatic rings. The van der Waals surface area contributed by atoms with Crippen molar-refractivity contribution in [1.82, 2.24) is 15.3 Å². The maximum Gasteiger partial charge on any atom is 0.115 e. The monoisotopic (exact) mass is 219 g/mol. The third-order valence-electron chi connectivity index (χ3n) is 3.47. The molecule has 1 aromatic heterocycles. The highest BCUT2D eigenvalue weighted by Gasteiger charge is 2.20. The topological polar surface area (TPSA) is 37.8 Å². The Bertz CT molecular complexity index is 299. The molecule has 0 aromatic carbocycles. The molecule has 2 unspecified atom stereocenters. The van der Waals surface area contributed by atoms with Crippen LogP contribution in [-0.4, -0.2) is 22.6 Å². The lowest BCUT2D eigenvalue weighted by atomic mass is 9.92. The summed E-state index contributed by atoms with van der Waals surface area (Å²) in [5.41, 5.74) is 1.31. The van der Waals surface area contributed by atoms with Gasteiger partial charge < -0.3 is 5.32 Å². The molecule has 1 saturated carbocycles. The number of nitrogens with one attached hydrogen (secondary N) is 1. The molecule has 0 spiro atoms. The van der Waals surface area contributed by atoms with Gasteiger partial charge in [0.05, 0.1) is 0 Å². The molecule has 16 heavy (non-hydrogen) atoms. The molecule has 1 heterocycles. The van der Waals surface area contributed by atoms with Gasteiger partial charge in [0.15, 0.2) is 0 Å². The Morgan fingerprint density at radius 1 is 1.25 bits per heavy atom. The summed E-state index contributed by atoms with van der Waals surface area (Å²) in [5.74, 6) is 0.646. The third-order valence-corrected chi connectivity index (χ3v) is 3.47. The SMILES string of the molecule is CCNC1CCCCC(c2cncnc2)C1. The van der Waals surface area contributed by atoms with Crippen LogP contribution < -0.4 is 5.32 Å². The van der Waals surface area contributed by atoms with Crippen LogP contribution in [0.25, 0.3) is 0 Å². The lowest BCUT2D eigenvalue weighted by Gasteiger charge is -2.20. The molecule has 1 fully saturated rings. The van der Waals surface area contributed by atoms with Gasteiger partial charge in [-0.3, -0.25) is 0 Å². The predicted molar refractivity (Wildman–Crippen MR) is 65.3 cm³/mol. The molecule has 3 nitrogen and oxygen atoms in total. The Balaban J connectivity index is 2.03. The average Bonchev–Trinajstić information content (AvgIpc) is 2.56. The Kier molecular flexibility index (Phi) is 4.28. The van der Waals surface area contributed by atoms with Crippen LogP contribution in [-0.2, 0) is 0 Å². The summed E-state index contributed by atoms with van der Waals surface area (Å²) >= 11 is 0. The first kappa shape index (κ1) is 11.5. The van der Waals surface area contributed by atoms with Crippen LogP contribution in [0, 0.1) is 0 Å². The second kappa shape index (κ2) is 5.94. The summed E-state index contributed by atoms with van der Waals surface area (Å²) < 4.78 is 0. The van der Waals surface area contributed by atoms with E-state index in [1.54, 1.807) is 6.33 Å². The van der Waals surface area contributed by atoms with Crippen molar-refractivity contribution in [3.05, 3.63) is 24.3 Å². The van der Waals surface area contributed by atoms with E-state index in [9.17, 15) is 0 Å². The van der Waals surface area contributed by atoms with Crippen LogP contribution in [0.3, 0.4) is 0 Å². The molecule has 0 bridgehead atoms. The number of hydrogen-bond donors (Lipinski definition) is 1. The van der Waals surface area contributed by atoms with Crippen molar-refractivity contribution in [3.63, 3.8) is 0 Å². The lowest BCUT2D eigenvalue weighted by molar-refractivity contribution is 0.448. The predicted octanol–water partition coefficient (Wildman–Crippen LogP) is 2.50. The van der Waals surface area contributed by atoms with Crippen molar-refractivity contribution in [2.45, 2.75) is 51.0 Å². The van der Waals surface area contributed by atoms with E-state index in [-0.39, 0.29) is 0 Å². The van der Waals surface area contributed by atoms with Crippen LogP contribution in [0.15, 0.2) is 18.7 Å². The summed E-state index contributed by atoms with van der Waals surface area (Å²) in [6, 6.07) is 0.678. The molecule has 0 amide bonds. The van der Waals surface area contributed by atoms with Crippen molar-refractivity contribution >= 4 is 0 Å². The number of aromatic nitrogens is 2. The maximum atomic E-state index is 4.13. The van der Waals surface area contributed by atoms with E-state index in [1.165, 1.54) is 37.7 Å². The van der Waals surface area contributed by atoms with Crippen LogP contribution in [0.5, 0.6) is 0 Å². The Labute approximate surface area is 97.7 Å². The highest BCUT2D eigenvalue weighted by atomic mass is 14.9. The van der Waals surface area contributed by atoms with E-state index in [4.69, 9.17) is 0 Å². The van der Waals surface area contributed by atoms with E-state index in [1.807, 2.05) is 12.4 Å². The summed E-state index contributed by atoms with van der Waals surface area (Å²) in [7, 11) is 0. The maximum absolute atomic E-state index is 4.13. The minimum Gasteiger partial charge on any atom is -0.314 e. The van der Waals surface area contributed by atoms with E-state index < -0.39 is 0 Å². The van der Waals surface area contributed by atoms with Gasteiger partial charge in [-0.05, 0) is 37.3 Å². The van der Waals surface area contributed by atoms with Crippen molar-refractivity contribution in [1.29, 1.82) is 0 Å². The van der Waals surface area contributed by atoms with Gasteiger partial charge in [0.25, 0.3) is 0 Å². The van der Waals surface area contributed by atoms with Crippen molar-refractivity contribution < 1.29 is 0 Å². The quantitative estimate of drug-likeness (QED) is 0.794. The summed E-state index contributed by atoms with van der Waals surface area (Å²) in [6.07, 6.45) is 12.1. The van der Waals surface area contributed by atoms with Gasteiger partial charge >= 0.3 is 0 Å². The molecule has 0 aliphatic heterocycles. The van der Waals surface area contributed by atoms with Gasteiger partial charge in [0.1, 0.15) is 6.33 Å².